The molecule has 4 nitrogen and oxygen atoms in total. The van der Waals surface area contributed by atoms with E-state index in [0.717, 1.165) is 23.9 Å². The van der Waals surface area contributed by atoms with Crippen molar-refractivity contribution < 1.29 is 0 Å². The number of nitrogens with zero attached hydrogens (tertiary/aromatic N) is 2. The zero-order valence-electron chi connectivity index (χ0n) is 12.7. The molecule has 0 spiro atoms. The number of nitrogens with two attached hydrogens (primary N) is 1. The SMILES string of the molecule is Cc1nc2ccccc2n(CCCC(C)(C)C(N)=S)c1=O. The van der Waals surface area contributed by atoms with Gasteiger partial charge < -0.3 is 10.3 Å². The first kappa shape index (κ1) is 15.6. The Kier molecular flexibility index (Phi) is 4.42. The van der Waals surface area contributed by atoms with Crippen molar-refractivity contribution in [3.05, 3.63) is 40.3 Å². The standard InChI is InChI=1S/C16H21N3OS/c1-11-14(20)19(10-6-9-16(2,3)15(17)21)13-8-5-4-7-12(13)18-11/h4-5,7-8H,6,9-10H2,1-3H3,(H2,17,21). The molecule has 0 aliphatic heterocycles. The third-order valence-corrected chi connectivity index (χ3v) is 4.42. The van der Waals surface area contributed by atoms with Crippen molar-refractivity contribution in [1.82, 2.24) is 9.55 Å². The van der Waals surface area contributed by atoms with Gasteiger partial charge in [-0.3, -0.25) is 4.79 Å². The molecule has 2 N–H and O–H groups in total. The summed E-state index contributed by atoms with van der Waals surface area (Å²) in [5.74, 6) is 0. The highest BCUT2D eigenvalue weighted by atomic mass is 32.1. The molecule has 0 saturated carbocycles. The highest BCUT2D eigenvalue weighted by Gasteiger charge is 2.20. The van der Waals surface area contributed by atoms with Gasteiger partial charge in [0.2, 0.25) is 0 Å². The van der Waals surface area contributed by atoms with E-state index in [2.05, 4.69) is 4.98 Å². The van der Waals surface area contributed by atoms with Gasteiger partial charge >= 0.3 is 0 Å². The summed E-state index contributed by atoms with van der Waals surface area (Å²) in [6.45, 7) is 6.47. The maximum Gasteiger partial charge on any atom is 0.272 e. The smallest absolute Gasteiger partial charge is 0.272 e. The maximum absolute atomic E-state index is 12.3. The van der Waals surface area contributed by atoms with Crippen LogP contribution in [0, 0.1) is 12.3 Å². The lowest BCUT2D eigenvalue weighted by Gasteiger charge is -2.23. The molecule has 112 valence electrons. The van der Waals surface area contributed by atoms with E-state index in [1.807, 2.05) is 38.1 Å². The second-order valence-electron chi connectivity index (χ2n) is 5.99. The second-order valence-corrected chi connectivity index (χ2v) is 6.43. The predicted molar refractivity (Wildman–Crippen MR) is 90.5 cm³/mol. The number of hydrogen-bond donors (Lipinski definition) is 1. The first-order valence-corrected chi connectivity index (χ1v) is 7.50. The van der Waals surface area contributed by atoms with Crippen molar-refractivity contribution in [1.29, 1.82) is 0 Å². The molecule has 1 heterocycles. The van der Waals surface area contributed by atoms with Crippen LogP contribution in [0.25, 0.3) is 11.0 Å². The Morgan fingerprint density at radius 2 is 2.05 bits per heavy atom. The summed E-state index contributed by atoms with van der Waals surface area (Å²) in [7, 11) is 0. The first-order valence-electron chi connectivity index (χ1n) is 7.09. The van der Waals surface area contributed by atoms with Gasteiger partial charge in [0, 0.05) is 12.0 Å². The molecule has 2 aromatic rings. The lowest BCUT2D eigenvalue weighted by molar-refractivity contribution is 0.436. The van der Waals surface area contributed by atoms with Gasteiger partial charge in [-0.1, -0.05) is 38.2 Å². The van der Waals surface area contributed by atoms with E-state index in [0.29, 0.717) is 17.2 Å². The number of aromatic nitrogens is 2. The fourth-order valence-corrected chi connectivity index (χ4v) is 2.45. The van der Waals surface area contributed by atoms with Crippen molar-refractivity contribution in [2.24, 2.45) is 11.1 Å². The number of aryl methyl sites for hydroxylation is 2. The van der Waals surface area contributed by atoms with Crippen LogP contribution < -0.4 is 11.3 Å². The Balaban J connectivity index is 2.28. The maximum atomic E-state index is 12.3. The molecule has 1 aromatic carbocycles. The third kappa shape index (κ3) is 3.29. The molecule has 0 unspecified atom stereocenters. The van der Waals surface area contributed by atoms with Gasteiger partial charge in [-0.05, 0) is 31.9 Å². The molecule has 0 aliphatic carbocycles. The monoisotopic (exact) mass is 303 g/mol. The van der Waals surface area contributed by atoms with Crippen LogP contribution in [-0.4, -0.2) is 14.5 Å². The molecular weight excluding hydrogens is 282 g/mol. The highest BCUT2D eigenvalue weighted by molar-refractivity contribution is 7.80. The van der Waals surface area contributed by atoms with Crippen LogP contribution in [-0.2, 0) is 6.54 Å². The molecule has 0 atom stereocenters. The summed E-state index contributed by atoms with van der Waals surface area (Å²) in [6.07, 6.45) is 1.70. The molecule has 2 rings (SSSR count). The second kappa shape index (κ2) is 5.93. The van der Waals surface area contributed by atoms with Crippen molar-refractivity contribution in [2.75, 3.05) is 0 Å². The first-order chi connectivity index (χ1) is 9.83. The van der Waals surface area contributed by atoms with Crippen molar-refractivity contribution >= 4 is 28.2 Å². The van der Waals surface area contributed by atoms with Gasteiger partial charge in [0.05, 0.1) is 16.0 Å². The number of para-hydroxylation sites is 2. The van der Waals surface area contributed by atoms with Crippen molar-refractivity contribution in [2.45, 2.75) is 40.2 Å². The number of rotatable bonds is 5. The van der Waals surface area contributed by atoms with Crippen LogP contribution in [0.1, 0.15) is 32.4 Å². The zero-order valence-corrected chi connectivity index (χ0v) is 13.5. The van der Waals surface area contributed by atoms with Crippen LogP contribution in [0.3, 0.4) is 0 Å². The molecule has 0 fully saturated rings. The minimum absolute atomic E-state index is 0.0261. The van der Waals surface area contributed by atoms with Gasteiger partial charge in [0.25, 0.3) is 5.56 Å². The Labute approximate surface area is 130 Å². The minimum atomic E-state index is -0.184. The van der Waals surface area contributed by atoms with Crippen LogP contribution in [0.5, 0.6) is 0 Å². The summed E-state index contributed by atoms with van der Waals surface area (Å²) in [5, 5.41) is 0. The van der Waals surface area contributed by atoms with Crippen molar-refractivity contribution in [3.8, 4) is 0 Å². The average molecular weight is 303 g/mol. The van der Waals surface area contributed by atoms with Crippen LogP contribution in [0.2, 0.25) is 0 Å². The summed E-state index contributed by atoms with van der Waals surface area (Å²) in [6, 6.07) is 7.72. The number of hydrogen-bond acceptors (Lipinski definition) is 3. The number of benzene rings is 1. The molecule has 21 heavy (non-hydrogen) atoms. The van der Waals surface area contributed by atoms with E-state index < -0.39 is 0 Å². The summed E-state index contributed by atoms with van der Waals surface area (Å²) < 4.78 is 1.80. The molecule has 0 saturated heterocycles. The van der Waals surface area contributed by atoms with E-state index in [9.17, 15) is 4.79 Å². The predicted octanol–water partition coefficient (Wildman–Crippen LogP) is 2.80. The van der Waals surface area contributed by atoms with Crippen LogP contribution in [0.4, 0.5) is 0 Å². The topological polar surface area (TPSA) is 60.9 Å². The molecule has 1 aromatic heterocycles. The summed E-state index contributed by atoms with van der Waals surface area (Å²) in [5.41, 5.74) is 7.79. The van der Waals surface area contributed by atoms with Crippen LogP contribution in [0.15, 0.2) is 29.1 Å². The van der Waals surface area contributed by atoms with Gasteiger partial charge in [0.15, 0.2) is 0 Å². The van der Waals surface area contributed by atoms with Crippen LogP contribution >= 0.6 is 12.2 Å². The zero-order chi connectivity index (χ0) is 15.6. The average Bonchev–Trinajstić information content (AvgIpc) is 2.42. The Morgan fingerprint density at radius 3 is 2.71 bits per heavy atom. The van der Waals surface area contributed by atoms with E-state index in [-0.39, 0.29) is 11.0 Å². The lowest BCUT2D eigenvalue weighted by atomic mass is 9.88. The Bertz CT molecular complexity index is 734. The fourth-order valence-electron chi connectivity index (χ4n) is 2.34. The molecule has 0 aliphatic rings. The molecular formula is C16H21N3OS. The summed E-state index contributed by atoms with van der Waals surface area (Å²) in [4.78, 5) is 17.2. The molecule has 5 heteroatoms. The summed E-state index contributed by atoms with van der Waals surface area (Å²) >= 11 is 5.08. The third-order valence-electron chi connectivity index (χ3n) is 3.87. The number of thiocarbonyl (C=S) groups is 1. The Morgan fingerprint density at radius 1 is 1.38 bits per heavy atom. The fraction of sp³-hybridized carbons (Fsp3) is 0.438. The van der Waals surface area contributed by atoms with Gasteiger partial charge in [0.1, 0.15) is 5.69 Å². The van der Waals surface area contributed by atoms with E-state index in [1.54, 1.807) is 11.5 Å². The van der Waals surface area contributed by atoms with E-state index >= 15 is 0 Å². The Hall–Kier alpha value is -1.75. The lowest BCUT2D eigenvalue weighted by Crippen LogP contribution is -2.30. The quantitative estimate of drug-likeness (QED) is 0.863. The molecule has 0 radical (unpaired) electrons. The molecule has 0 bridgehead atoms. The van der Waals surface area contributed by atoms with Gasteiger partial charge in [-0.2, -0.15) is 0 Å². The highest BCUT2D eigenvalue weighted by Crippen LogP contribution is 2.23. The van der Waals surface area contributed by atoms with E-state index in [4.69, 9.17) is 18.0 Å². The van der Waals surface area contributed by atoms with Crippen molar-refractivity contribution in [3.63, 3.8) is 0 Å². The molecule has 0 amide bonds. The number of fused-ring (bicyclic) bond motifs is 1. The normalized spacial score (nSPS) is 11.8. The largest absolute Gasteiger partial charge is 0.393 e. The van der Waals surface area contributed by atoms with Gasteiger partial charge in [-0.15, -0.1) is 0 Å². The van der Waals surface area contributed by atoms with E-state index in [1.165, 1.54) is 0 Å². The minimum Gasteiger partial charge on any atom is -0.393 e. The van der Waals surface area contributed by atoms with Gasteiger partial charge in [-0.25, -0.2) is 4.98 Å².